The summed E-state index contributed by atoms with van der Waals surface area (Å²) in [6.07, 6.45) is 0. The van der Waals surface area contributed by atoms with E-state index in [1.807, 2.05) is 11.4 Å². The minimum Gasteiger partial charge on any atom is -0.482 e. The molecule has 0 radical (unpaired) electrons. The molecule has 6 nitrogen and oxygen atoms in total. The molecule has 2 amide bonds. The Hall–Kier alpha value is -3.54. The largest absolute Gasteiger partial charge is 0.482 e. The first-order valence-electron chi connectivity index (χ1n) is 7.24. The number of halogens is 3. The zero-order chi connectivity index (χ0) is 19.1. The van der Waals surface area contributed by atoms with Gasteiger partial charge in [0.15, 0.2) is 24.1 Å². The molecule has 0 fully saturated rings. The standard InChI is InChI=1S/C17H12F3N3O3/c18-11-5-6-12(17(20)16(11)19)23-14(24)8-22-15(25)9-26-13-4-2-1-3-10(13)7-21/h1-6H,8-9H2,(H,22,25)(H,23,24). The lowest BCUT2D eigenvalue weighted by Gasteiger charge is -2.10. The Balaban J connectivity index is 1.83. The van der Waals surface area contributed by atoms with E-state index in [0.29, 0.717) is 6.07 Å². The molecule has 2 aromatic carbocycles. The molecular formula is C17H12F3N3O3. The molecule has 0 bridgehead atoms. The monoisotopic (exact) mass is 363 g/mol. The Morgan fingerprint density at radius 1 is 1.04 bits per heavy atom. The summed E-state index contributed by atoms with van der Waals surface area (Å²) in [5.74, 6) is -5.95. The van der Waals surface area contributed by atoms with Gasteiger partial charge >= 0.3 is 0 Å². The highest BCUT2D eigenvalue weighted by Gasteiger charge is 2.15. The zero-order valence-electron chi connectivity index (χ0n) is 13.2. The van der Waals surface area contributed by atoms with Crippen LogP contribution in [0.2, 0.25) is 0 Å². The van der Waals surface area contributed by atoms with Crippen LogP contribution in [0.5, 0.6) is 5.75 Å². The molecule has 0 saturated heterocycles. The van der Waals surface area contributed by atoms with Crippen LogP contribution >= 0.6 is 0 Å². The second-order valence-electron chi connectivity index (χ2n) is 4.94. The summed E-state index contributed by atoms with van der Waals surface area (Å²) in [5, 5.41) is 13.1. The fourth-order valence-electron chi connectivity index (χ4n) is 1.87. The van der Waals surface area contributed by atoms with Crippen molar-refractivity contribution in [1.82, 2.24) is 5.32 Å². The van der Waals surface area contributed by atoms with Gasteiger partial charge in [0.25, 0.3) is 5.91 Å². The lowest BCUT2D eigenvalue weighted by atomic mass is 10.2. The fourth-order valence-corrected chi connectivity index (χ4v) is 1.87. The third kappa shape index (κ3) is 4.73. The number of hydrogen-bond acceptors (Lipinski definition) is 4. The third-order valence-corrected chi connectivity index (χ3v) is 3.12. The van der Waals surface area contributed by atoms with Crippen molar-refractivity contribution in [2.45, 2.75) is 0 Å². The molecule has 0 aliphatic carbocycles. The first-order chi connectivity index (χ1) is 12.4. The van der Waals surface area contributed by atoms with Crippen LogP contribution in [0.25, 0.3) is 0 Å². The van der Waals surface area contributed by atoms with E-state index in [1.165, 1.54) is 12.1 Å². The molecule has 0 aromatic heterocycles. The van der Waals surface area contributed by atoms with Crippen molar-refractivity contribution < 1.29 is 27.5 Å². The van der Waals surface area contributed by atoms with Gasteiger partial charge in [-0.25, -0.2) is 13.2 Å². The van der Waals surface area contributed by atoms with Crippen molar-refractivity contribution in [3.05, 3.63) is 59.4 Å². The van der Waals surface area contributed by atoms with Gasteiger partial charge in [-0.1, -0.05) is 12.1 Å². The molecule has 0 spiro atoms. The first kappa shape index (κ1) is 18.8. The van der Waals surface area contributed by atoms with Crippen LogP contribution in [0.3, 0.4) is 0 Å². The van der Waals surface area contributed by atoms with Crippen LogP contribution in [0.4, 0.5) is 18.9 Å². The van der Waals surface area contributed by atoms with Gasteiger partial charge in [0.05, 0.1) is 17.8 Å². The van der Waals surface area contributed by atoms with Gasteiger partial charge in [-0.2, -0.15) is 5.26 Å². The average molecular weight is 363 g/mol. The van der Waals surface area contributed by atoms with Gasteiger partial charge in [0.1, 0.15) is 11.8 Å². The van der Waals surface area contributed by atoms with Crippen LogP contribution in [0.15, 0.2) is 36.4 Å². The Bertz CT molecular complexity index is 881. The Morgan fingerprint density at radius 2 is 1.77 bits per heavy atom. The van der Waals surface area contributed by atoms with E-state index in [0.717, 1.165) is 6.07 Å². The molecule has 0 aliphatic heterocycles. The quantitative estimate of drug-likeness (QED) is 0.769. The lowest BCUT2D eigenvalue weighted by Crippen LogP contribution is -2.36. The minimum atomic E-state index is -1.71. The van der Waals surface area contributed by atoms with E-state index >= 15 is 0 Å². The molecule has 0 saturated carbocycles. The number of amides is 2. The minimum absolute atomic E-state index is 0.207. The van der Waals surface area contributed by atoms with Crippen molar-refractivity contribution >= 4 is 17.5 Å². The molecule has 2 rings (SSSR count). The van der Waals surface area contributed by atoms with Crippen LogP contribution in [-0.4, -0.2) is 25.0 Å². The summed E-state index contributed by atoms with van der Waals surface area (Å²) in [6.45, 7) is -0.994. The molecule has 26 heavy (non-hydrogen) atoms. The van der Waals surface area contributed by atoms with Gasteiger partial charge in [0, 0.05) is 0 Å². The van der Waals surface area contributed by atoms with E-state index in [2.05, 4.69) is 5.32 Å². The molecule has 9 heteroatoms. The average Bonchev–Trinajstić information content (AvgIpc) is 2.65. The van der Waals surface area contributed by atoms with Gasteiger partial charge in [-0.05, 0) is 24.3 Å². The maximum Gasteiger partial charge on any atom is 0.258 e. The number of para-hydroxylation sites is 1. The predicted molar refractivity (Wildman–Crippen MR) is 84.6 cm³/mol. The molecule has 0 heterocycles. The summed E-state index contributed by atoms with van der Waals surface area (Å²) in [6, 6.07) is 9.68. The van der Waals surface area contributed by atoms with E-state index < -0.39 is 48.1 Å². The highest BCUT2D eigenvalue weighted by molar-refractivity contribution is 5.94. The van der Waals surface area contributed by atoms with Gasteiger partial charge in [0.2, 0.25) is 5.91 Å². The lowest BCUT2D eigenvalue weighted by molar-refractivity contribution is -0.125. The second-order valence-corrected chi connectivity index (χ2v) is 4.94. The van der Waals surface area contributed by atoms with E-state index in [4.69, 9.17) is 10.00 Å². The maximum atomic E-state index is 13.4. The number of carbonyl (C=O) groups excluding carboxylic acids is 2. The maximum absolute atomic E-state index is 13.4. The highest BCUT2D eigenvalue weighted by atomic mass is 19.2. The van der Waals surface area contributed by atoms with Crippen molar-refractivity contribution in [2.75, 3.05) is 18.5 Å². The van der Waals surface area contributed by atoms with Crippen LogP contribution < -0.4 is 15.4 Å². The van der Waals surface area contributed by atoms with Crippen molar-refractivity contribution in [3.63, 3.8) is 0 Å². The molecular weight excluding hydrogens is 351 g/mol. The molecule has 0 unspecified atom stereocenters. The number of nitrogens with zero attached hydrogens (tertiary/aromatic N) is 1. The summed E-state index contributed by atoms with van der Waals surface area (Å²) >= 11 is 0. The van der Waals surface area contributed by atoms with Crippen LogP contribution in [0.1, 0.15) is 5.56 Å². The van der Waals surface area contributed by atoms with Crippen LogP contribution in [0, 0.1) is 28.8 Å². The Kier molecular flexibility index (Phi) is 6.16. The SMILES string of the molecule is N#Cc1ccccc1OCC(=O)NCC(=O)Nc1ccc(F)c(F)c1F. The second kappa shape index (κ2) is 8.53. The number of nitrogens with one attached hydrogen (secondary N) is 2. The van der Waals surface area contributed by atoms with Gasteiger partial charge in [-0.3, -0.25) is 9.59 Å². The number of rotatable bonds is 6. The summed E-state index contributed by atoms with van der Waals surface area (Å²) in [5.41, 5.74) is -0.311. The topological polar surface area (TPSA) is 91.2 Å². The molecule has 2 aromatic rings. The van der Waals surface area contributed by atoms with Gasteiger partial charge < -0.3 is 15.4 Å². The summed E-state index contributed by atoms with van der Waals surface area (Å²) < 4.78 is 44.5. The molecule has 0 aliphatic rings. The molecule has 0 atom stereocenters. The molecule has 134 valence electrons. The third-order valence-electron chi connectivity index (χ3n) is 3.12. The number of nitriles is 1. The van der Waals surface area contributed by atoms with Crippen molar-refractivity contribution in [2.24, 2.45) is 0 Å². The molecule has 2 N–H and O–H groups in total. The Labute approximate surface area is 146 Å². The number of hydrogen-bond donors (Lipinski definition) is 2. The van der Waals surface area contributed by atoms with Crippen molar-refractivity contribution in [3.8, 4) is 11.8 Å². The fraction of sp³-hybridized carbons (Fsp3) is 0.118. The predicted octanol–water partition coefficient (Wildman–Crippen LogP) is 2.11. The van der Waals surface area contributed by atoms with Crippen LogP contribution in [-0.2, 0) is 9.59 Å². The number of ether oxygens (including phenoxy) is 1. The first-order valence-corrected chi connectivity index (χ1v) is 7.24. The number of anilines is 1. The number of carbonyl (C=O) groups is 2. The number of benzene rings is 2. The summed E-state index contributed by atoms with van der Waals surface area (Å²) in [7, 11) is 0. The zero-order valence-corrected chi connectivity index (χ0v) is 13.2. The van der Waals surface area contributed by atoms with E-state index in [-0.39, 0.29) is 11.3 Å². The van der Waals surface area contributed by atoms with E-state index in [1.54, 1.807) is 12.1 Å². The highest BCUT2D eigenvalue weighted by Crippen LogP contribution is 2.19. The van der Waals surface area contributed by atoms with E-state index in [9.17, 15) is 22.8 Å². The van der Waals surface area contributed by atoms with Gasteiger partial charge in [-0.15, -0.1) is 0 Å². The summed E-state index contributed by atoms with van der Waals surface area (Å²) in [4.78, 5) is 23.3. The Morgan fingerprint density at radius 3 is 2.50 bits per heavy atom. The van der Waals surface area contributed by atoms with Crippen molar-refractivity contribution in [1.29, 1.82) is 5.26 Å². The normalized spacial score (nSPS) is 9.92. The smallest absolute Gasteiger partial charge is 0.258 e.